The molecule has 8 nitrogen and oxygen atoms in total. The summed E-state index contributed by atoms with van der Waals surface area (Å²) in [7, 11) is -1.99. The third-order valence-corrected chi connectivity index (χ3v) is 7.47. The number of benzene rings is 3. The van der Waals surface area contributed by atoms with Crippen LogP contribution in [-0.4, -0.2) is 45.8 Å². The normalized spacial score (nSPS) is 12.5. The summed E-state index contributed by atoms with van der Waals surface area (Å²) in [5.74, 6) is -3.62. The molecule has 14 heteroatoms. The van der Waals surface area contributed by atoms with Crippen molar-refractivity contribution < 1.29 is 35.1 Å². The van der Waals surface area contributed by atoms with E-state index in [0.717, 1.165) is 25.3 Å². The first-order chi connectivity index (χ1) is 19.6. The maximum Gasteiger partial charge on any atom is 0.573 e. The summed E-state index contributed by atoms with van der Waals surface area (Å²) in [5.41, 5.74) is 2.64. The molecular weight excluding hydrogens is 581 g/mol. The Hall–Kier alpha value is -4.59. The second-order valence-corrected chi connectivity index (χ2v) is 11.6. The van der Waals surface area contributed by atoms with Crippen LogP contribution in [0.4, 0.5) is 22.0 Å². The van der Waals surface area contributed by atoms with Gasteiger partial charge in [-0.1, -0.05) is 29.5 Å². The highest BCUT2D eigenvalue weighted by Crippen LogP contribution is 2.37. The van der Waals surface area contributed by atoms with E-state index in [1.165, 1.54) is 52.9 Å². The van der Waals surface area contributed by atoms with Crippen LogP contribution in [0.15, 0.2) is 83.9 Å². The van der Waals surface area contributed by atoms with Gasteiger partial charge in [0.1, 0.15) is 11.4 Å². The number of rotatable bonds is 7. The zero-order chi connectivity index (χ0) is 30.4. The second kappa shape index (κ2) is 10.4. The first-order valence-corrected chi connectivity index (χ1v) is 14.1. The molecule has 0 aliphatic heterocycles. The molecular formula is C28H22F5N5O3S. The van der Waals surface area contributed by atoms with Crippen LogP contribution >= 0.6 is 0 Å². The minimum absolute atomic E-state index is 0.106. The molecule has 0 saturated heterocycles. The molecule has 2 heterocycles. The topological polar surface area (TPSA) is 91.9 Å². The maximum absolute atomic E-state index is 14.1. The number of ether oxygens (including phenoxy) is 1. The Morgan fingerprint density at radius 3 is 2.12 bits per heavy atom. The molecule has 0 spiro atoms. The van der Waals surface area contributed by atoms with Gasteiger partial charge < -0.3 is 4.74 Å². The fraction of sp³-hybridized carbons (Fsp3) is 0.179. The van der Waals surface area contributed by atoms with Crippen LogP contribution in [-0.2, 0) is 22.8 Å². The molecule has 0 N–H and O–H groups in total. The number of aromatic nitrogens is 5. The Morgan fingerprint density at radius 1 is 0.833 bits per heavy atom. The average Bonchev–Trinajstić information content (AvgIpc) is 3.54. The van der Waals surface area contributed by atoms with Crippen LogP contribution < -0.4 is 4.74 Å². The Kier molecular flexibility index (Phi) is 7.13. The van der Waals surface area contributed by atoms with E-state index in [-0.39, 0.29) is 4.90 Å². The second-order valence-electron chi connectivity index (χ2n) is 9.56. The summed E-state index contributed by atoms with van der Waals surface area (Å²) in [6.07, 6.45) is -2.36. The molecule has 0 saturated carbocycles. The summed E-state index contributed by atoms with van der Waals surface area (Å²) in [6.45, 7) is 0.736. The van der Waals surface area contributed by atoms with E-state index >= 15 is 0 Å². The number of aryl methyl sites for hydroxylation is 1. The van der Waals surface area contributed by atoms with Gasteiger partial charge in [0, 0.05) is 31.4 Å². The van der Waals surface area contributed by atoms with E-state index < -0.39 is 33.6 Å². The molecule has 0 radical (unpaired) electrons. The van der Waals surface area contributed by atoms with Crippen molar-refractivity contribution in [2.24, 2.45) is 7.05 Å². The van der Waals surface area contributed by atoms with E-state index in [4.69, 9.17) is 0 Å². The average molecular weight is 604 g/mol. The predicted molar refractivity (Wildman–Crippen MR) is 144 cm³/mol. The minimum Gasteiger partial charge on any atom is -0.406 e. The Morgan fingerprint density at radius 2 is 1.50 bits per heavy atom. The SMILES string of the molecule is Cn1nc(C(C)(F)F)cc1-c1ccc(-c2cccc(S(C)(=O)=O)c2)cc1-n1nncc1-c1ccc(OC(F)(F)F)cc1. The lowest BCUT2D eigenvalue weighted by Gasteiger charge is -2.15. The van der Waals surface area contributed by atoms with Crippen molar-refractivity contribution in [1.29, 1.82) is 0 Å². The molecule has 0 fully saturated rings. The lowest BCUT2D eigenvalue weighted by molar-refractivity contribution is -0.274. The molecule has 0 aliphatic rings. The van der Waals surface area contributed by atoms with Crippen molar-refractivity contribution in [2.45, 2.75) is 24.1 Å². The van der Waals surface area contributed by atoms with Gasteiger partial charge in [0.2, 0.25) is 0 Å². The summed E-state index contributed by atoms with van der Waals surface area (Å²) in [5, 5.41) is 12.1. The lowest BCUT2D eigenvalue weighted by Crippen LogP contribution is -2.16. The maximum atomic E-state index is 14.1. The number of halogens is 5. The van der Waals surface area contributed by atoms with Gasteiger partial charge in [-0.3, -0.25) is 4.68 Å². The Labute approximate surface area is 236 Å². The molecule has 42 heavy (non-hydrogen) atoms. The molecule has 2 aromatic heterocycles. The van der Waals surface area contributed by atoms with E-state index in [2.05, 4.69) is 20.1 Å². The van der Waals surface area contributed by atoms with E-state index in [1.54, 1.807) is 30.3 Å². The number of sulfone groups is 1. The molecule has 5 rings (SSSR count). The van der Waals surface area contributed by atoms with E-state index in [0.29, 0.717) is 39.3 Å². The van der Waals surface area contributed by atoms with Gasteiger partial charge in [0.05, 0.1) is 28.2 Å². The lowest BCUT2D eigenvalue weighted by atomic mass is 10.00. The van der Waals surface area contributed by atoms with E-state index in [9.17, 15) is 30.4 Å². The summed E-state index contributed by atoms with van der Waals surface area (Å²) in [6, 6.07) is 17.7. The fourth-order valence-corrected chi connectivity index (χ4v) is 5.05. The monoisotopic (exact) mass is 603 g/mol. The highest BCUT2D eigenvalue weighted by molar-refractivity contribution is 7.90. The van der Waals surface area contributed by atoms with Crippen molar-refractivity contribution in [3.8, 4) is 45.1 Å². The first-order valence-electron chi connectivity index (χ1n) is 12.2. The standard InChI is InChI=1S/C28H22F5N5O3S/c1-27(29,30)26-15-23(37(2)35-26)22-12-9-19(18-5-4-6-21(13-18)42(3,39)40)14-24(22)38-25(16-34-36-38)17-7-10-20(11-8-17)41-28(31,32)33/h4-16H,1-3H3. The molecule has 0 atom stereocenters. The number of hydrogen-bond donors (Lipinski definition) is 0. The smallest absolute Gasteiger partial charge is 0.406 e. The van der Waals surface area contributed by atoms with Crippen molar-refractivity contribution in [1.82, 2.24) is 24.8 Å². The van der Waals surface area contributed by atoms with E-state index in [1.807, 2.05) is 0 Å². The Bertz CT molecular complexity index is 1880. The molecule has 3 aromatic carbocycles. The predicted octanol–water partition coefficient (Wildman–Crippen LogP) is 6.42. The summed E-state index contributed by atoms with van der Waals surface area (Å²) >= 11 is 0. The van der Waals surface area contributed by atoms with Crippen LogP contribution in [0.25, 0.3) is 39.3 Å². The summed E-state index contributed by atoms with van der Waals surface area (Å²) < 4.78 is 97.2. The van der Waals surface area contributed by atoms with Crippen molar-refractivity contribution in [3.63, 3.8) is 0 Å². The Balaban J connectivity index is 1.69. The van der Waals surface area contributed by atoms with Crippen molar-refractivity contribution in [3.05, 3.63) is 84.7 Å². The first kappa shape index (κ1) is 28.9. The highest BCUT2D eigenvalue weighted by Gasteiger charge is 2.31. The third kappa shape index (κ3) is 6.03. The fourth-order valence-electron chi connectivity index (χ4n) is 4.38. The molecule has 0 unspecified atom stereocenters. The largest absolute Gasteiger partial charge is 0.573 e. The van der Waals surface area contributed by atoms with Gasteiger partial charge in [-0.2, -0.15) is 13.9 Å². The van der Waals surface area contributed by atoms with Gasteiger partial charge in [-0.05, 0) is 59.7 Å². The summed E-state index contributed by atoms with van der Waals surface area (Å²) in [4.78, 5) is 0.106. The third-order valence-electron chi connectivity index (χ3n) is 6.36. The molecule has 218 valence electrons. The molecule has 0 aliphatic carbocycles. The van der Waals surface area contributed by atoms with Crippen LogP contribution in [0.5, 0.6) is 5.75 Å². The van der Waals surface area contributed by atoms with Gasteiger partial charge in [0.15, 0.2) is 9.84 Å². The molecule has 0 bridgehead atoms. The highest BCUT2D eigenvalue weighted by atomic mass is 32.2. The number of nitrogens with zero attached hydrogens (tertiary/aromatic N) is 5. The zero-order valence-corrected chi connectivity index (χ0v) is 23.1. The van der Waals surface area contributed by atoms with Crippen molar-refractivity contribution >= 4 is 9.84 Å². The van der Waals surface area contributed by atoms with Gasteiger partial charge in [0.25, 0.3) is 5.92 Å². The number of alkyl halides is 5. The van der Waals surface area contributed by atoms with Gasteiger partial charge in [-0.15, -0.1) is 18.3 Å². The minimum atomic E-state index is -4.86. The van der Waals surface area contributed by atoms with Gasteiger partial charge in [-0.25, -0.2) is 13.1 Å². The number of hydrogen-bond acceptors (Lipinski definition) is 6. The van der Waals surface area contributed by atoms with Crippen LogP contribution in [0, 0.1) is 0 Å². The van der Waals surface area contributed by atoms with Crippen molar-refractivity contribution in [2.75, 3.05) is 6.26 Å². The quantitative estimate of drug-likeness (QED) is 0.200. The van der Waals surface area contributed by atoms with Crippen LogP contribution in [0.2, 0.25) is 0 Å². The van der Waals surface area contributed by atoms with Crippen LogP contribution in [0.1, 0.15) is 12.6 Å². The molecule has 0 amide bonds. The van der Waals surface area contributed by atoms with Gasteiger partial charge >= 0.3 is 6.36 Å². The van der Waals surface area contributed by atoms with Crippen LogP contribution in [0.3, 0.4) is 0 Å². The zero-order valence-electron chi connectivity index (χ0n) is 22.3. The molecule has 5 aromatic rings.